The number of rotatable bonds is 5. The van der Waals surface area contributed by atoms with Crippen LogP contribution in [0.2, 0.25) is 0 Å². The van der Waals surface area contributed by atoms with Crippen LogP contribution in [-0.4, -0.2) is 68.8 Å². The number of aromatic nitrogens is 1. The van der Waals surface area contributed by atoms with Crippen LogP contribution in [0.3, 0.4) is 0 Å². The van der Waals surface area contributed by atoms with Gasteiger partial charge < -0.3 is 19.8 Å². The molecule has 0 unspecified atom stereocenters. The second kappa shape index (κ2) is 7.14. The van der Waals surface area contributed by atoms with Crippen molar-refractivity contribution in [1.29, 1.82) is 0 Å². The van der Waals surface area contributed by atoms with E-state index in [-0.39, 0.29) is 23.1 Å². The molecule has 9 rings (SSSR count). The number of pyridine rings is 1. The number of aliphatic hydroxyl groups is 1. The number of carbonyl (C=O) groups is 1. The first-order valence-corrected chi connectivity index (χ1v) is 13.7. The van der Waals surface area contributed by atoms with Crippen molar-refractivity contribution in [2.24, 2.45) is 11.3 Å². The van der Waals surface area contributed by atoms with Crippen molar-refractivity contribution in [3.63, 3.8) is 0 Å². The molecule has 1 aromatic carbocycles. The van der Waals surface area contributed by atoms with Gasteiger partial charge in [0.1, 0.15) is 11.7 Å². The van der Waals surface area contributed by atoms with Gasteiger partial charge in [0.25, 0.3) is 5.91 Å². The normalized spacial score (nSPS) is 36.5. The molecule has 3 heterocycles. The first kappa shape index (κ1) is 22.1. The number of phenols is 1. The van der Waals surface area contributed by atoms with Crippen LogP contribution in [0, 0.1) is 11.3 Å². The Morgan fingerprint density at radius 2 is 2.00 bits per heavy atom. The number of phenolic OH excluding ortho intramolecular Hbond substituents is 1. The Kier molecular flexibility index (Phi) is 4.27. The summed E-state index contributed by atoms with van der Waals surface area (Å²) >= 11 is 0. The van der Waals surface area contributed by atoms with Crippen LogP contribution in [0.15, 0.2) is 48.3 Å². The highest BCUT2D eigenvalue weighted by molar-refractivity contribution is 5.97. The van der Waals surface area contributed by atoms with Gasteiger partial charge >= 0.3 is 0 Å². The highest BCUT2D eigenvalue weighted by Gasteiger charge is 2.78. The zero-order valence-electron chi connectivity index (χ0n) is 21.2. The lowest BCUT2D eigenvalue weighted by molar-refractivity contribution is -0.188. The number of nitrogens with zero attached hydrogens (tertiary/aromatic N) is 3. The molecule has 37 heavy (non-hydrogen) atoms. The summed E-state index contributed by atoms with van der Waals surface area (Å²) in [5, 5.41) is 23.3. The minimum Gasteiger partial charge on any atom is -0.504 e. The molecular weight excluding hydrogens is 466 g/mol. The molecule has 2 aromatic rings. The van der Waals surface area contributed by atoms with Crippen LogP contribution in [0.1, 0.15) is 48.8 Å². The topological polar surface area (TPSA) is 86.1 Å². The number of carbonyl (C=O) groups excluding carboxylic acids is 1. The second-order valence-corrected chi connectivity index (χ2v) is 12.4. The Labute approximate surface area is 216 Å². The van der Waals surface area contributed by atoms with Crippen LogP contribution in [0.4, 0.5) is 0 Å². The number of likely N-dealkylation sites (N-methyl/N-ethyl adjacent to an activating group) is 1. The Hall–Kier alpha value is -2.90. The maximum Gasteiger partial charge on any atom is 0.252 e. The molecule has 2 saturated carbocycles. The third-order valence-corrected chi connectivity index (χ3v) is 10.6. The Morgan fingerprint density at radius 1 is 1.19 bits per heavy atom. The van der Waals surface area contributed by atoms with Crippen LogP contribution in [0.25, 0.3) is 0 Å². The molecule has 7 aliphatic rings. The third kappa shape index (κ3) is 2.64. The fraction of sp³-hybridized carbons (Fsp3) is 0.533. The van der Waals surface area contributed by atoms with E-state index < -0.39 is 17.1 Å². The molecule has 1 saturated heterocycles. The second-order valence-electron chi connectivity index (χ2n) is 12.4. The van der Waals surface area contributed by atoms with Crippen molar-refractivity contribution >= 4 is 5.91 Å². The van der Waals surface area contributed by atoms with Gasteiger partial charge in [0.05, 0.1) is 5.41 Å². The van der Waals surface area contributed by atoms with Gasteiger partial charge in [-0.2, -0.15) is 0 Å². The molecule has 2 spiro atoms. The lowest BCUT2D eigenvalue weighted by Crippen LogP contribution is -2.78. The van der Waals surface area contributed by atoms with Gasteiger partial charge in [0.2, 0.25) is 0 Å². The van der Waals surface area contributed by atoms with Crippen LogP contribution < -0.4 is 4.74 Å². The maximum absolute atomic E-state index is 14.0. The average molecular weight is 500 g/mol. The van der Waals surface area contributed by atoms with E-state index in [4.69, 9.17) is 4.74 Å². The van der Waals surface area contributed by atoms with Crippen molar-refractivity contribution in [1.82, 2.24) is 14.8 Å². The minimum atomic E-state index is -1.39. The SMILES string of the molecule is CN(Cc1ccncc1)C(=O)C1=C[C@@]23CC[C@]1(O)[C@@H]1Oc4c(O)ccc5c4[C@@]12CCN(CC1CC1)[C@@H]3C5. The Balaban J connectivity index is 1.28. The molecule has 5 atom stereocenters. The van der Waals surface area contributed by atoms with Crippen LogP contribution in [-0.2, 0) is 23.2 Å². The van der Waals surface area contributed by atoms with E-state index in [0.717, 1.165) is 49.4 Å². The van der Waals surface area contributed by atoms with E-state index in [1.54, 1.807) is 30.4 Å². The number of hydrogen-bond donors (Lipinski definition) is 2. The molecule has 2 aliphatic heterocycles. The number of benzene rings is 1. The molecule has 1 amide bonds. The maximum atomic E-state index is 14.0. The molecule has 7 nitrogen and oxygen atoms in total. The smallest absolute Gasteiger partial charge is 0.252 e. The van der Waals surface area contributed by atoms with E-state index in [2.05, 4.69) is 22.0 Å². The van der Waals surface area contributed by atoms with E-state index in [1.807, 2.05) is 12.1 Å². The van der Waals surface area contributed by atoms with Gasteiger partial charge in [0, 0.05) is 55.1 Å². The molecule has 192 valence electrons. The van der Waals surface area contributed by atoms with Gasteiger partial charge in [-0.15, -0.1) is 0 Å². The molecule has 4 bridgehead atoms. The summed E-state index contributed by atoms with van der Waals surface area (Å²) in [6, 6.07) is 7.89. The number of ether oxygens (including phenoxy) is 1. The summed E-state index contributed by atoms with van der Waals surface area (Å²) in [4.78, 5) is 22.5. The predicted octanol–water partition coefficient (Wildman–Crippen LogP) is 2.94. The van der Waals surface area contributed by atoms with Crippen LogP contribution >= 0.6 is 0 Å². The number of likely N-dealkylation sites (tertiary alicyclic amines) is 1. The number of aromatic hydroxyl groups is 1. The molecular formula is C30H33N3O4. The summed E-state index contributed by atoms with van der Waals surface area (Å²) < 4.78 is 6.61. The Morgan fingerprint density at radius 3 is 2.78 bits per heavy atom. The van der Waals surface area contributed by atoms with Gasteiger partial charge in [-0.3, -0.25) is 14.7 Å². The highest BCUT2D eigenvalue weighted by atomic mass is 16.5. The van der Waals surface area contributed by atoms with Crippen LogP contribution in [0.5, 0.6) is 11.5 Å². The van der Waals surface area contributed by atoms with E-state index in [0.29, 0.717) is 24.3 Å². The van der Waals surface area contributed by atoms with Gasteiger partial charge in [-0.25, -0.2) is 0 Å². The summed E-state index contributed by atoms with van der Waals surface area (Å²) in [6.07, 6.45) is 10.8. The largest absolute Gasteiger partial charge is 0.504 e. The first-order valence-electron chi connectivity index (χ1n) is 13.7. The first-order chi connectivity index (χ1) is 17.9. The van der Waals surface area contributed by atoms with E-state index in [9.17, 15) is 15.0 Å². The summed E-state index contributed by atoms with van der Waals surface area (Å²) in [5.41, 5.74) is 1.70. The number of hydrogen-bond acceptors (Lipinski definition) is 6. The number of piperidine rings is 1. The average Bonchev–Trinajstić information content (AvgIpc) is 3.64. The summed E-state index contributed by atoms with van der Waals surface area (Å²) in [6.45, 7) is 2.52. The Bertz CT molecular complexity index is 1360. The standard InChI is InChI=1S/C30H33N3O4/c1-32(16-19-6-11-31-12-7-19)26(35)21-15-28-8-9-30(21,36)27-29(28)10-13-33(17-18-2-3-18)23(28)14-20-4-5-22(34)25(37-27)24(20)29/h4-7,11-12,15,18,23,27,34,36H,2-3,8-10,13-14,16-17H2,1H3/t23-,27-,28-,29+,30-/m1/s1. The monoisotopic (exact) mass is 499 g/mol. The summed E-state index contributed by atoms with van der Waals surface area (Å²) in [5.74, 6) is 1.31. The highest BCUT2D eigenvalue weighted by Crippen LogP contribution is 2.74. The molecule has 2 N–H and O–H groups in total. The molecule has 3 fully saturated rings. The fourth-order valence-corrected chi connectivity index (χ4v) is 8.84. The molecule has 5 aliphatic carbocycles. The predicted molar refractivity (Wildman–Crippen MR) is 136 cm³/mol. The number of fused-ring (bicyclic) bond motifs is 1. The van der Waals surface area contributed by atoms with Gasteiger partial charge in [-0.05, 0) is 80.3 Å². The lowest BCUT2D eigenvalue weighted by Gasteiger charge is -2.70. The van der Waals surface area contributed by atoms with Crippen molar-refractivity contribution in [2.45, 2.75) is 68.2 Å². The van der Waals surface area contributed by atoms with E-state index >= 15 is 0 Å². The zero-order chi connectivity index (χ0) is 25.2. The van der Waals surface area contributed by atoms with Crippen molar-refractivity contribution < 1.29 is 19.7 Å². The van der Waals surface area contributed by atoms with Crippen molar-refractivity contribution in [2.75, 3.05) is 20.1 Å². The minimum absolute atomic E-state index is 0.141. The van der Waals surface area contributed by atoms with Gasteiger partial charge in [0.15, 0.2) is 11.5 Å². The molecule has 7 heteroatoms. The number of amides is 1. The molecule has 0 radical (unpaired) electrons. The van der Waals surface area contributed by atoms with Crippen molar-refractivity contribution in [3.05, 3.63) is 65.0 Å². The lowest BCUT2D eigenvalue weighted by atomic mass is 9.38. The van der Waals surface area contributed by atoms with Gasteiger partial charge in [-0.1, -0.05) is 12.1 Å². The zero-order valence-corrected chi connectivity index (χ0v) is 21.2. The quantitative estimate of drug-likeness (QED) is 0.658. The van der Waals surface area contributed by atoms with E-state index in [1.165, 1.54) is 18.4 Å². The van der Waals surface area contributed by atoms with Crippen molar-refractivity contribution in [3.8, 4) is 11.5 Å². The summed E-state index contributed by atoms with van der Waals surface area (Å²) in [7, 11) is 1.80. The fourth-order valence-electron chi connectivity index (χ4n) is 8.84. The third-order valence-electron chi connectivity index (χ3n) is 10.6. The molecule has 1 aromatic heterocycles.